The molecule has 0 saturated carbocycles. The van der Waals surface area contributed by atoms with Crippen molar-refractivity contribution >= 4 is 34.2 Å². The number of amides is 1. The highest BCUT2D eigenvalue weighted by molar-refractivity contribution is 8.13. The predicted octanol–water partition coefficient (Wildman–Crippen LogP) is 3.07. The van der Waals surface area contributed by atoms with Crippen LogP contribution in [0.1, 0.15) is 10.4 Å². The van der Waals surface area contributed by atoms with Crippen molar-refractivity contribution in [2.45, 2.75) is 0 Å². The van der Waals surface area contributed by atoms with Crippen molar-refractivity contribution in [3.63, 3.8) is 0 Å². The van der Waals surface area contributed by atoms with Gasteiger partial charge in [0.25, 0.3) is 5.91 Å². The van der Waals surface area contributed by atoms with Gasteiger partial charge in [0.2, 0.25) is 0 Å². The molecule has 2 aromatic rings. The molecule has 0 aromatic heterocycles. The number of benzene rings is 2. The van der Waals surface area contributed by atoms with Gasteiger partial charge in [-0.25, -0.2) is 4.99 Å². The number of nitriles is 1. The third kappa shape index (κ3) is 4.49. The van der Waals surface area contributed by atoms with Gasteiger partial charge in [-0.3, -0.25) is 10.1 Å². The lowest BCUT2D eigenvalue weighted by Gasteiger charge is -2.07. The zero-order valence-electron chi connectivity index (χ0n) is 12.3. The van der Waals surface area contributed by atoms with Crippen LogP contribution in [0, 0.1) is 11.5 Å². The maximum absolute atomic E-state index is 12.1. The third-order valence-electron chi connectivity index (χ3n) is 2.86. The molecule has 0 unspecified atom stereocenters. The van der Waals surface area contributed by atoms with Gasteiger partial charge in [0.1, 0.15) is 5.75 Å². The van der Waals surface area contributed by atoms with Gasteiger partial charge >= 0.3 is 0 Å². The highest BCUT2D eigenvalue weighted by Gasteiger charge is 2.10. The van der Waals surface area contributed by atoms with Crippen molar-refractivity contribution in [3.05, 3.63) is 54.1 Å². The number of thioether (sulfide) groups is 1. The Morgan fingerprint density at radius 2 is 1.91 bits per heavy atom. The van der Waals surface area contributed by atoms with Gasteiger partial charge in [0.15, 0.2) is 11.4 Å². The van der Waals surface area contributed by atoms with Gasteiger partial charge < -0.3 is 10.4 Å². The van der Waals surface area contributed by atoms with Crippen LogP contribution in [-0.2, 0) is 0 Å². The molecule has 7 heteroatoms. The standard InChI is InChI=1S/C16H14N4O2S/c1-23-16(18-10-17)20-12-8-6-11(7-9-12)19-15(22)13-4-2-3-5-14(13)21/h2-9,21H,1H3,(H,18,20)(H,19,22). The zero-order valence-corrected chi connectivity index (χ0v) is 13.1. The normalized spacial score (nSPS) is 10.7. The van der Waals surface area contributed by atoms with E-state index in [4.69, 9.17) is 5.26 Å². The number of amidine groups is 1. The fourth-order valence-corrected chi connectivity index (χ4v) is 2.12. The molecule has 0 bridgehead atoms. The van der Waals surface area contributed by atoms with Gasteiger partial charge in [-0.1, -0.05) is 23.9 Å². The van der Waals surface area contributed by atoms with E-state index in [1.54, 1.807) is 42.5 Å². The van der Waals surface area contributed by atoms with Crippen LogP contribution < -0.4 is 10.6 Å². The van der Waals surface area contributed by atoms with Crippen LogP contribution in [0.15, 0.2) is 53.5 Å². The highest BCUT2D eigenvalue weighted by Crippen LogP contribution is 2.20. The van der Waals surface area contributed by atoms with Crippen molar-refractivity contribution in [1.29, 1.82) is 5.26 Å². The molecule has 0 fully saturated rings. The second kappa shape index (κ2) is 7.87. The molecule has 0 atom stereocenters. The fraction of sp³-hybridized carbons (Fsp3) is 0.0625. The second-order valence-electron chi connectivity index (χ2n) is 4.38. The number of aliphatic imine (C=N–C) groups is 1. The molecule has 0 aliphatic carbocycles. The Labute approximate surface area is 137 Å². The number of rotatable bonds is 3. The van der Waals surface area contributed by atoms with Gasteiger partial charge in [0.05, 0.1) is 11.3 Å². The van der Waals surface area contributed by atoms with Gasteiger partial charge in [-0.2, -0.15) is 5.26 Å². The maximum atomic E-state index is 12.1. The lowest BCUT2D eigenvalue weighted by atomic mass is 10.2. The molecule has 0 aliphatic rings. The van der Waals surface area contributed by atoms with Crippen molar-refractivity contribution in [3.8, 4) is 11.9 Å². The number of aromatic hydroxyl groups is 1. The number of phenols is 1. The first-order valence-electron chi connectivity index (χ1n) is 6.61. The predicted molar refractivity (Wildman–Crippen MR) is 91.9 cm³/mol. The molecule has 0 radical (unpaired) electrons. The van der Waals surface area contributed by atoms with Crippen LogP contribution >= 0.6 is 11.8 Å². The minimum Gasteiger partial charge on any atom is -0.507 e. The summed E-state index contributed by atoms with van der Waals surface area (Å²) in [5.74, 6) is -0.464. The van der Waals surface area contributed by atoms with E-state index in [0.29, 0.717) is 16.5 Å². The largest absolute Gasteiger partial charge is 0.507 e. The van der Waals surface area contributed by atoms with E-state index in [2.05, 4.69) is 15.6 Å². The monoisotopic (exact) mass is 326 g/mol. The van der Waals surface area contributed by atoms with Crippen LogP contribution in [0.3, 0.4) is 0 Å². The molecule has 1 amide bonds. The van der Waals surface area contributed by atoms with E-state index in [1.807, 2.05) is 12.4 Å². The van der Waals surface area contributed by atoms with E-state index in [9.17, 15) is 9.90 Å². The van der Waals surface area contributed by atoms with E-state index >= 15 is 0 Å². The summed E-state index contributed by atoms with van der Waals surface area (Å²) in [4.78, 5) is 16.3. The van der Waals surface area contributed by atoms with Crippen molar-refractivity contribution < 1.29 is 9.90 Å². The SMILES string of the molecule is CSC(=Nc1ccc(NC(=O)c2ccccc2O)cc1)NC#N. The lowest BCUT2D eigenvalue weighted by molar-refractivity contribution is 0.102. The summed E-state index contributed by atoms with van der Waals surface area (Å²) in [5, 5.41) is 23.9. The average Bonchev–Trinajstić information content (AvgIpc) is 2.56. The first-order valence-corrected chi connectivity index (χ1v) is 7.83. The maximum Gasteiger partial charge on any atom is 0.259 e. The second-order valence-corrected chi connectivity index (χ2v) is 5.17. The molecule has 0 aliphatic heterocycles. The lowest BCUT2D eigenvalue weighted by Crippen LogP contribution is -2.12. The highest BCUT2D eigenvalue weighted by atomic mass is 32.2. The van der Waals surface area contributed by atoms with Gasteiger partial charge in [-0.15, -0.1) is 0 Å². The minimum atomic E-state index is -0.393. The van der Waals surface area contributed by atoms with E-state index in [1.165, 1.54) is 17.8 Å². The quantitative estimate of drug-likeness (QED) is 0.348. The van der Waals surface area contributed by atoms with Crippen LogP contribution in [0.2, 0.25) is 0 Å². The molecule has 3 N–H and O–H groups in total. The summed E-state index contributed by atoms with van der Waals surface area (Å²) in [6.45, 7) is 0. The van der Waals surface area contributed by atoms with Crippen molar-refractivity contribution in [2.24, 2.45) is 4.99 Å². The van der Waals surface area contributed by atoms with Crippen LogP contribution in [0.25, 0.3) is 0 Å². The number of para-hydroxylation sites is 1. The summed E-state index contributed by atoms with van der Waals surface area (Å²) < 4.78 is 0. The first-order chi connectivity index (χ1) is 11.1. The number of carbonyl (C=O) groups is 1. The average molecular weight is 326 g/mol. The van der Waals surface area contributed by atoms with E-state index in [-0.39, 0.29) is 11.3 Å². The third-order valence-corrected chi connectivity index (χ3v) is 3.44. The number of hydrogen-bond donors (Lipinski definition) is 3. The Morgan fingerprint density at radius 1 is 1.22 bits per heavy atom. The van der Waals surface area contributed by atoms with Crippen molar-refractivity contribution in [2.75, 3.05) is 11.6 Å². The van der Waals surface area contributed by atoms with Crippen LogP contribution in [0.5, 0.6) is 5.75 Å². The number of hydrogen-bond acceptors (Lipinski definition) is 5. The molecule has 23 heavy (non-hydrogen) atoms. The Morgan fingerprint density at radius 3 is 2.52 bits per heavy atom. The molecule has 2 rings (SSSR count). The number of nitrogens with one attached hydrogen (secondary N) is 2. The molecule has 0 saturated heterocycles. The number of nitrogens with zero attached hydrogens (tertiary/aromatic N) is 2. The minimum absolute atomic E-state index is 0.0709. The fourth-order valence-electron chi connectivity index (χ4n) is 1.77. The Kier molecular flexibility index (Phi) is 5.61. The summed E-state index contributed by atoms with van der Waals surface area (Å²) in [7, 11) is 0. The molecular formula is C16H14N4O2S. The van der Waals surface area contributed by atoms with Crippen LogP contribution in [-0.4, -0.2) is 22.4 Å². The number of carbonyl (C=O) groups excluding carboxylic acids is 1. The molecule has 0 spiro atoms. The van der Waals surface area contributed by atoms with Crippen molar-refractivity contribution in [1.82, 2.24) is 5.32 Å². The molecule has 116 valence electrons. The summed E-state index contributed by atoms with van der Waals surface area (Å²) in [6.07, 6.45) is 3.63. The van der Waals surface area contributed by atoms with Gasteiger partial charge in [-0.05, 0) is 42.7 Å². The van der Waals surface area contributed by atoms with Gasteiger partial charge in [0, 0.05) is 5.69 Å². The Bertz CT molecular complexity index is 766. The molecular weight excluding hydrogens is 312 g/mol. The topological polar surface area (TPSA) is 97.5 Å². The number of phenolic OH excluding ortho intramolecular Hbond substituents is 1. The summed E-state index contributed by atoms with van der Waals surface area (Å²) >= 11 is 1.32. The number of anilines is 1. The smallest absolute Gasteiger partial charge is 0.259 e. The van der Waals surface area contributed by atoms with Crippen LogP contribution in [0.4, 0.5) is 11.4 Å². The Hall–Kier alpha value is -2.98. The Balaban J connectivity index is 2.10. The molecule has 2 aromatic carbocycles. The van der Waals surface area contributed by atoms with E-state index < -0.39 is 5.91 Å². The van der Waals surface area contributed by atoms with E-state index in [0.717, 1.165) is 0 Å². The molecule has 6 nitrogen and oxygen atoms in total. The summed E-state index contributed by atoms with van der Waals surface area (Å²) in [6, 6.07) is 13.2. The molecule has 0 heterocycles. The first kappa shape index (κ1) is 16.4. The zero-order chi connectivity index (χ0) is 16.7. The summed E-state index contributed by atoms with van der Waals surface area (Å²) in [5.41, 5.74) is 1.44.